The van der Waals surface area contributed by atoms with Crippen molar-refractivity contribution in [3.05, 3.63) is 30.3 Å². The number of rotatable bonds is 1. The molecule has 0 unspecified atom stereocenters. The number of halogens is 4. The number of hydrogen-bond acceptors (Lipinski definition) is 2. The van der Waals surface area contributed by atoms with Crippen LogP contribution in [0.2, 0.25) is 0 Å². The molecule has 0 aliphatic rings. The molecule has 0 fully saturated rings. The van der Waals surface area contributed by atoms with Crippen molar-refractivity contribution >= 4 is 17.4 Å². The van der Waals surface area contributed by atoms with Gasteiger partial charge in [0.2, 0.25) is 0 Å². The van der Waals surface area contributed by atoms with Crippen molar-refractivity contribution in [2.24, 2.45) is 0 Å². The third-order valence-corrected chi connectivity index (χ3v) is 1.92. The van der Waals surface area contributed by atoms with Crippen LogP contribution in [-0.2, 0) is 4.79 Å². The van der Waals surface area contributed by atoms with Gasteiger partial charge >= 0.3 is 12.1 Å². The van der Waals surface area contributed by atoms with Crippen molar-refractivity contribution < 1.29 is 22.4 Å². The van der Waals surface area contributed by atoms with E-state index in [9.17, 15) is 22.4 Å². The average molecular weight is 247 g/mol. The van der Waals surface area contributed by atoms with Crippen LogP contribution in [0.25, 0.3) is 5.65 Å². The van der Waals surface area contributed by atoms with E-state index in [1.807, 2.05) is 0 Å². The number of aromatic nitrogens is 2. The highest BCUT2D eigenvalue weighted by molar-refractivity contribution is 5.94. The average Bonchev–Trinajstić information content (AvgIpc) is 2.57. The first kappa shape index (κ1) is 11.4. The fourth-order valence-electron chi connectivity index (χ4n) is 1.20. The summed E-state index contributed by atoms with van der Waals surface area (Å²) >= 11 is 0. The molecule has 1 N–H and O–H groups in total. The molecule has 0 aliphatic carbocycles. The van der Waals surface area contributed by atoms with Crippen LogP contribution in [0.3, 0.4) is 0 Å². The second kappa shape index (κ2) is 3.72. The molecule has 0 radical (unpaired) electrons. The van der Waals surface area contributed by atoms with E-state index in [4.69, 9.17) is 0 Å². The van der Waals surface area contributed by atoms with Gasteiger partial charge in [-0.05, 0) is 6.07 Å². The van der Waals surface area contributed by atoms with Gasteiger partial charge in [0.25, 0.3) is 0 Å². The number of imidazole rings is 1. The molecule has 4 nitrogen and oxygen atoms in total. The molecule has 0 bridgehead atoms. The van der Waals surface area contributed by atoms with Gasteiger partial charge in [-0.3, -0.25) is 4.79 Å². The maximum Gasteiger partial charge on any atom is 0.471 e. The Balaban J connectivity index is 2.29. The van der Waals surface area contributed by atoms with Gasteiger partial charge in [-0.25, -0.2) is 9.37 Å². The summed E-state index contributed by atoms with van der Waals surface area (Å²) in [7, 11) is 0. The minimum absolute atomic E-state index is 0.0995. The van der Waals surface area contributed by atoms with Crippen molar-refractivity contribution in [1.82, 2.24) is 9.38 Å². The molecular formula is C9H5F4N3O. The van der Waals surface area contributed by atoms with E-state index in [1.54, 1.807) is 5.32 Å². The molecule has 90 valence electrons. The number of pyridine rings is 1. The van der Waals surface area contributed by atoms with Gasteiger partial charge in [-0.15, -0.1) is 0 Å². The molecule has 2 heterocycles. The maximum atomic E-state index is 12.8. The number of carbonyl (C=O) groups excluding carboxylic acids is 1. The normalized spacial score (nSPS) is 11.8. The molecule has 0 aliphatic heterocycles. The summed E-state index contributed by atoms with van der Waals surface area (Å²) in [4.78, 5) is 14.2. The number of alkyl halides is 3. The fourth-order valence-corrected chi connectivity index (χ4v) is 1.20. The van der Waals surface area contributed by atoms with Crippen molar-refractivity contribution in [2.75, 3.05) is 5.32 Å². The lowest BCUT2D eigenvalue weighted by atomic mass is 10.4. The van der Waals surface area contributed by atoms with E-state index in [0.717, 1.165) is 18.3 Å². The van der Waals surface area contributed by atoms with Crippen LogP contribution in [0.1, 0.15) is 0 Å². The highest BCUT2D eigenvalue weighted by Crippen LogP contribution is 2.18. The van der Waals surface area contributed by atoms with Crippen LogP contribution >= 0.6 is 0 Å². The molecule has 0 spiro atoms. The standard InChI is InChI=1S/C9H5F4N3O/c10-5-1-2-16-4-6(14-7(16)3-5)15-8(17)9(11,12)13/h1-4H,(H,15,17). The number of nitrogens with zero attached hydrogens (tertiary/aromatic N) is 2. The second-order valence-corrected chi connectivity index (χ2v) is 3.19. The first-order chi connectivity index (χ1) is 7.86. The van der Waals surface area contributed by atoms with E-state index in [2.05, 4.69) is 4.98 Å². The van der Waals surface area contributed by atoms with E-state index < -0.39 is 17.9 Å². The molecule has 0 atom stereocenters. The molecule has 17 heavy (non-hydrogen) atoms. The minimum atomic E-state index is -4.99. The van der Waals surface area contributed by atoms with Crippen LogP contribution in [-0.4, -0.2) is 21.5 Å². The Kier molecular flexibility index (Phi) is 2.49. The van der Waals surface area contributed by atoms with E-state index in [-0.39, 0.29) is 11.5 Å². The van der Waals surface area contributed by atoms with Crippen LogP contribution in [0.4, 0.5) is 23.4 Å². The number of nitrogens with one attached hydrogen (secondary N) is 1. The van der Waals surface area contributed by atoms with Gasteiger partial charge in [0.15, 0.2) is 5.82 Å². The number of hydrogen-bond donors (Lipinski definition) is 1. The van der Waals surface area contributed by atoms with Crippen molar-refractivity contribution in [3.63, 3.8) is 0 Å². The quantitative estimate of drug-likeness (QED) is 0.783. The second-order valence-electron chi connectivity index (χ2n) is 3.19. The first-order valence-electron chi connectivity index (χ1n) is 4.39. The largest absolute Gasteiger partial charge is 0.471 e. The highest BCUT2D eigenvalue weighted by atomic mass is 19.4. The molecular weight excluding hydrogens is 242 g/mol. The molecule has 2 aromatic rings. The molecule has 2 rings (SSSR count). The summed E-state index contributed by atoms with van der Waals surface area (Å²) in [5.74, 6) is -2.99. The van der Waals surface area contributed by atoms with Gasteiger partial charge in [-0.1, -0.05) is 0 Å². The van der Waals surface area contributed by atoms with Crippen molar-refractivity contribution in [1.29, 1.82) is 0 Å². The molecule has 8 heteroatoms. The Morgan fingerprint density at radius 2 is 2.12 bits per heavy atom. The van der Waals surface area contributed by atoms with Gasteiger partial charge in [0.1, 0.15) is 11.5 Å². The lowest BCUT2D eigenvalue weighted by Gasteiger charge is -2.04. The topological polar surface area (TPSA) is 46.4 Å². The lowest BCUT2D eigenvalue weighted by molar-refractivity contribution is -0.167. The van der Waals surface area contributed by atoms with Crippen LogP contribution in [0, 0.1) is 5.82 Å². The SMILES string of the molecule is O=C(Nc1cn2ccc(F)cc2n1)C(F)(F)F. The van der Waals surface area contributed by atoms with E-state index >= 15 is 0 Å². The number of amides is 1. The monoisotopic (exact) mass is 247 g/mol. The predicted molar refractivity (Wildman–Crippen MR) is 49.8 cm³/mol. The molecule has 0 aromatic carbocycles. The van der Waals surface area contributed by atoms with Crippen molar-refractivity contribution in [3.8, 4) is 0 Å². The number of fused-ring (bicyclic) bond motifs is 1. The summed E-state index contributed by atoms with van der Waals surface area (Å²) in [6.45, 7) is 0. The molecule has 1 amide bonds. The summed E-state index contributed by atoms with van der Waals surface area (Å²) in [5.41, 5.74) is 0.0995. The maximum absolute atomic E-state index is 12.8. The van der Waals surface area contributed by atoms with Gasteiger partial charge < -0.3 is 9.72 Å². The van der Waals surface area contributed by atoms with Crippen LogP contribution in [0.15, 0.2) is 24.5 Å². The van der Waals surface area contributed by atoms with E-state index in [1.165, 1.54) is 10.6 Å². The Bertz CT molecular complexity index is 575. The lowest BCUT2D eigenvalue weighted by Crippen LogP contribution is -2.30. The Hall–Kier alpha value is -2.12. The molecule has 2 aromatic heterocycles. The summed E-state index contributed by atoms with van der Waals surface area (Å²) in [5, 5.41) is 1.57. The smallest absolute Gasteiger partial charge is 0.305 e. The number of carbonyl (C=O) groups is 1. The summed E-state index contributed by atoms with van der Waals surface area (Å²) in [6.07, 6.45) is -2.56. The summed E-state index contributed by atoms with van der Waals surface area (Å²) in [6, 6.07) is 2.15. The first-order valence-corrected chi connectivity index (χ1v) is 4.39. The zero-order chi connectivity index (χ0) is 12.6. The van der Waals surface area contributed by atoms with Crippen LogP contribution in [0.5, 0.6) is 0 Å². The minimum Gasteiger partial charge on any atom is -0.305 e. The number of anilines is 1. The van der Waals surface area contributed by atoms with Gasteiger partial charge in [0, 0.05) is 12.3 Å². The zero-order valence-corrected chi connectivity index (χ0v) is 8.12. The summed E-state index contributed by atoms with van der Waals surface area (Å²) < 4.78 is 49.9. The van der Waals surface area contributed by atoms with Gasteiger partial charge in [-0.2, -0.15) is 13.2 Å². The van der Waals surface area contributed by atoms with Gasteiger partial charge in [0.05, 0.1) is 6.20 Å². The van der Waals surface area contributed by atoms with E-state index in [0.29, 0.717) is 0 Å². The predicted octanol–water partition coefficient (Wildman–Crippen LogP) is 1.97. The third-order valence-electron chi connectivity index (χ3n) is 1.92. The Morgan fingerprint density at radius 1 is 1.41 bits per heavy atom. The molecule has 0 saturated heterocycles. The Labute approximate surface area is 91.9 Å². The zero-order valence-electron chi connectivity index (χ0n) is 8.12. The Morgan fingerprint density at radius 3 is 2.76 bits per heavy atom. The van der Waals surface area contributed by atoms with Crippen molar-refractivity contribution in [2.45, 2.75) is 6.18 Å². The molecule has 0 saturated carbocycles. The van der Waals surface area contributed by atoms with Crippen LogP contribution < -0.4 is 5.32 Å². The third kappa shape index (κ3) is 2.35. The highest BCUT2D eigenvalue weighted by Gasteiger charge is 2.39. The fraction of sp³-hybridized carbons (Fsp3) is 0.111.